The third kappa shape index (κ3) is 3.43. The van der Waals surface area contributed by atoms with Crippen LogP contribution in [0.15, 0.2) is 48.5 Å². The lowest BCUT2D eigenvalue weighted by Gasteiger charge is -2.26. The summed E-state index contributed by atoms with van der Waals surface area (Å²) >= 11 is 0. The molecule has 0 aliphatic heterocycles. The maximum atomic E-state index is 12.9. The molecular formula is C21H23NO3. The molecule has 4 nitrogen and oxygen atoms in total. The number of carboxylic acids is 1. The van der Waals surface area contributed by atoms with Crippen molar-refractivity contribution in [2.75, 3.05) is 0 Å². The number of hydrogen-bond acceptors (Lipinski definition) is 2. The fraction of sp³-hybridized carbons (Fsp3) is 0.333. The van der Waals surface area contributed by atoms with E-state index in [1.165, 1.54) is 0 Å². The Morgan fingerprint density at radius 1 is 1.04 bits per heavy atom. The second-order valence-electron chi connectivity index (χ2n) is 6.72. The van der Waals surface area contributed by atoms with E-state index in [1.807, 2.05) is 42.5 Å². The van der Waals surface area contributed by atoms with Crippen molar-refractivity contribution in [1.29, 1.82) is 0 Å². The number of carboxylic acid groups (broad SMARTS) is 1. The number of aliphatic carboxylic acids is 1. The van der Waals surface area contributed by atoms with Gasteiger partial charge < -0.3 is 10.4 Å². The highest BCUT2D eigenvalue weighted by atomic mass is 16.4. The molecule has 130 valence electrons. The number of fused-ring (bicyclic) bond motifs is 1. The maximum Gasteiger partial charge on any atom is 0.330 e. The Hall–Kier alpha value is -2.62. The quantitative estimate of drug-likeness (QED) is 0.849. The molecule has 4 heteroatoms. The van der Waals surface area contributed by atoms with E-state index in [0.717, 1.165) is 36.0 Å². The molecule has 2 N–H and O–H groups in total. The topological polar surface area (TPSA) is 66.4 Å². The van der Waals surface area contributed by atoms with Gasteiger partial charge in [0, 0.05) is 18.4 Å². The van der Waals surface area contributed by atoms with E-state index in [-0.39, 0.29) is 5.91 Å². The fourth-order valence-electron chi connectivity index (χ4n) is 3.52. The summed E-state index contributed by atoms with van der Waals surface area (Å²) in [7, 11) is 0. The van der Waals surface area contributed by atoms with Crippen molar-refractivity contribution in [3.8, 4) is 0 Å². The van der Waals surface area contributed by atoms with Gasteiger partial charge in [0.15, 0.2) is 0 Å². The first-order valence-electron chi connectivity index (χ1n) is 8.76. The van der Waals surface area contributed by atoms with Gasteiger partial charge in [-0.2, -0.15) is 0 Å². The van der Waals surface area contributed by atoms with Crippen LogP contribution in [0, 0.1) is 0 Å². The summed E-state index contributed by atoms with van der Waals surface area (Å²) in [5.41, 5.74) is 2.26. The fourth-order valence-corrected chi connectivity index (χ4v) is 3.52. The van der Waals surface area contributed by atoms with Crippen LogP contribution in [0.25, 0.3) is 0 Å². The number of rotatable bonds is 6. The summed E-state index contributed by atoms with van der Waals surface area (Å²) in [5.74, 6) is -1.29. The maximum absolute atomic E-state index is 12.9. The molecule has 0 spiro atoms. The van der Waals surface area contributed by atoms with E-state index < -0.39 is 11.5 Å². The summed E-state index contributed by atoms with van der Waals surface area (Å²) in [6.07, 6.45) is 3.51. The van der Waals surface area contributed by atoms with Gasteiger partial charge in [0.25, 0.3) is 5.91 Å². The molecule has 1 aliphatic carbocycles. The Morgan fingerprint density at radius 2 is 1.64 bits per heavy atom. The zero-order chi connectivity index (χ0) is 17.9. The highest BCUT2D eigenvalue weighted by molar-refractivity contribution is 5.99. The first-order chi connectivity index (χ1) is 12.1. The normalized spacial score (nSPS) is 14.8. The molecule has 0 atom stereocenters. The van der Waals surface area contributed by atoms with E-state index in [2.05, 4.69) is 12.2 Å². The number of unbranched alkanes of at least 4 members (excludes halogenated alkanes) is 1. The molecule has 0 aromatic heterocycles. The van der Waals surface area contributed by atoms with Crippen LogP contribution in [0.1, 0.15) is 46.8 Å². The lowest BCUT2D eigenvalue weighted by molar-refractivity contribution is -0.144. The minimum Gasteiger partial charge on any atom is -0.479 e. The number of hydrogen-bond donors (Lipinski definition) is 2. The van der Waals surface area contributed by atoms with Crippen LogP contribution in [-0.4, -0.2) is 22.5 Å². The van der Waals surface area contributed by atoms with Gasteiger partial charge in [0.2, 0.25) is 0 Å². The molecule has 0 saturated carbocycles. The average molecular weight is 337 g/mol. The standard InChI is InChI=1S/C21H23NO3/c1-2-3-8-15-9-6-7-12-18(15)19(23)22-21(20(24)25)13-16-10-4-5-11-17(16)14-21/h4-7,9-12H,2-3,8,13-14H2,1H3,(H,22,23)(H,24,25). The van der Waals surface area contributed by atoms with E-state index in [1.54, 1.807) is 6.07 Å². The highest BCUT2D eigenvalue weighted by Crippen LogP contribution is 2.31. The Morgan fingerprint density at radius 3 is 2.24 bits per heavy atom. The Kier molecular flexibility index (Phi) is 4.88. The van der Waals surface area contributed by atoms with Gasteiger partial charge in [0.05, 0.1) is 0 Å². The monoisotopic (exact) mass is 337 g/mol. The minimum atomic E-state index is -1.27. The van der Waals surface area contributed by atoms with Crippen LogP contribution in [0.3, 0.4) is 0 Å². The van der Waals surface area contributed by atoms with Gasteiger partial charge >= 0.3 is 5.97 Å². The second-order valence-corrected chi connectivity index (χ2v) is 6.72. The molecule has 0 unspecified atom stereocenters. The van der Waals surface area contributed by atoms with Crippen molar-refractivity contribution in [2.45, 2.75) is 44.6 Å². The SMILES string of the molecule is CCCCc1ccccc1C(=O)NC1(C(=O)O)Cc2ccccc2C1. The zero-order valence-corrected chi connectivity index (χ0v) is 14.4. The van der Waals surface area contributed by atoms with Crippen molar-refractivity contribution >= 4 is 11.9 Å². The van der Waals surface area contributed by atoms with Crippen molar-refractivity contribution in [3.05, 3.63) is 70.8 Å². The second kappa shape index (κ2) is 7.09. The van der Waals surface area contributed by atoms with E-state index >= 15 is 0 Å². The van der Waals surface area contributed by atoms with Gasteiger partial charge in [-0.15, -0.1) is 0 Å². The van der Waals surface area contributed by atoms with Crippen molar-refractivity contribution < 1.29 is 14.7 Å². The third-order valence-electron chi connectivity index (χ3n) is 4.93. The average Bonchev–Trinajstić information content (AvgIpc) is 2.99. The largest absolute Gasteiger partial charge is 0.479 e. The number of benzene rings is 2. The van der Waals surface area contributed by atoms with Gasteiger partial charge in [0.1, 0.15) is 5.54 Å². The Balaban J connectivity index is 1.85. The lowest BCUT2D eigenvalue weighted by atomic mass is 9.94. The van der Waals surface area contributed by atoms with E-state index in [9.17, 15) is 14.7 Å². The molecular weight excluding hydrogens is 314 g/mol. The molecule has 2 aromatic carbocycles. The molecule has 3 rings (SSSR count). The summed E-state index contributed by atoms with van der Waals surface area (Å²) < 4.78 is 0. The van der Waals surface area contributed by atoms with Gasteiger partial charge in [-0.05, 0) is 35.6 Å². The molecule has 0 fully saturated rings. The molecule has 0 saturated heterocycles. The number of carbonyl (C=O) groups is 2. The molecule has 0 heterocycles. The Bertz CT molecular complexity index is 772. The molecule has 1 amide bonds. The van der Waals surface area contributed by atoms with E-state index in [4.69, 9.17) is 0 Å². The van der Waals surface area contributed by atoms with Crippen molar-refractivity contribution in [1.82, 2.24) is 5.32 Å². The predicted molar refractivity (Wildman–Crippen MR) is 96.7 cm³/mol. The van der Waals surface area contributed by atoms with Crippen molar-refractivity contribution in [2.24, 2.45) is 0 Å². The zero-order valence-electron chi connectivity index (χ0n) is 14.4. The number of carbonyl (C=O) groups excluding carboxylic acids is 1. The molecule has 0 radical (unpaired) electrons. The smallest absolute Gasteiger partial charge is 0.330 e. The van der Waals surface area contributed by atoms with E-state index in [0.29, 0.717) is 18.4 Å². The van der Waals surface area contributed by atoms with Gasteiger partial charge in [-0.25, -0.2) is 4.79 Å². The van der Waals surface area contributed by atoms with Crippen LogP contribution in [0.2, 0.25) is 0 Å². The van der Waals surface area contributed by atoms with Gasteiger partial charge in [-0.3, -0.25) is 4.79 Å². The number of amides is 1. The molecule has 25 heavy (non-hydrogen) atoms. The summed E-state index contributed by atoms with van der Waals surface area (Å²) in [6, 6.07) is 15.1. The summed E-state index contributed by atoms with van der Waals surface area (Å²) in [5, 5.41) is 12.7. The van der Waals surface area contributed by atoms with Crippen LogP contribution in [-0.2, 0) is 24.1 Å². The van der Waals surface area contributed by atoms with Crippen molar-refractivity contribution in [3.63, 3.8) is 0 Å². The minimum absolute atomic E-state index is 0.304. The Labute approximate surface area is 147 Å². The molecule has 1 aliphatic rings. The molecule has 2 aromatic rings. The first kappa shape index (κ1) is 17.2. The summed E-state index contributed by atoms with van der Waals surface area (Å²) in [6.45, 7) is 2.11. The predicted octanol–water partition coefficient (Wildman–Crippen LogP) is 3.38. The number of aryl methyl sites for hydroxylation is 1. The molecule has 0 bridgehead atoms. The van der Waals surface area contributed by atoms with Crippen LogP contribution >= 0.6 is 0 Å². The first-order valence-corrected chi connectivity index (χ1v) is 8.76. The van der Waals surface area contributed by atoms with Crippen LogP contribution in [0.5, 0.6) is 0 Å². The third-order valence-corrected chi connectivity index (χ3v) is 4.93. The van der Waals surface area contributed by atoms with Crippen LogP contribution in [0.4, 0.5) is 0 Å². The lowest BCUT2D eigenvalue weighted by Crippen LogP contribution is -2.55. The van der Waals surface area contributed by atoms with Gasteiger partial charge in [-0.1, -0.05) is 55.8 Å². The highest BCUT2D eigenvalue weighted by Gasteiger charge is 2.45. The number of nitrogens with one attached hydrogen (secondary N) is 1. The van der Waals surface area contributed by atoms with Crippen LogP contribution < -0.4 is 5.32 Å². The summed E-state index contributed by atoms with van der Waals surface area (Å²) in [4.78, 5) is 24.9.